The number of rotatable bonds is 4. The Bertz CT molecular complexity index is 847. The van der Waals surface area contributed by atoms with Crippen LogP contribution in [-0.4, -0.2) is 61.2 Å². The lowest BCUT2D eigenvalue weighted by atomic mass is 9.80. The van der Waals surface area contributed by atoms with Crippen LogP contribution in [0.5, 0.6) is 0 Å². The number of amides is 2. The number of nitrogens with zero attached hydrogens (tertiary/aromatic N) is 5. The molecule has 2 amide bonds. The van der Waals surface area contributed by atoms with Crippen molar-refractivity contribution in [2.45, 2.75) is 45.1 Å². The SMILES string of the molecule is Cc1noc([C@]23C[C@H](NC(=O)c4ncn[nH]4)C[C@H]2CN(C(=O)C(C)C)C3)n1. The normalized spacial score (nSPS) is 27.2. The standard InChI is InChI=1S/C17H23N7O3/c1-9(2)15(26)24-6-11-4-12(21-14(25)13-18-8-19-22-13)5-17(11,7-24)16-20-10(3)23-27-16/h8-9,11-12H,4-7H2,1-3H3,(H,21,25)(H,18,19,22)/t11-,12+,17-/m0/s1. The van der Waals surface area contributed by atoms with Crippen molar-refractivity contribution in [1.82, 2.24) is 35.5 Å². The van der Waals surface area contributed by atoms with Gasteiger partial charge < -0.3 is 14.7 Å². The van der Waals surface area contributed by atoms with Gasteiger partial charge in [0, 0.05) is 25.0 Å². The van der Waals surface area contributed by atoms with Gasteiger partial charge in [0.05, 0.1) is 5.41 Å². The van der Waals surface area contributed by atoms with Gasteiger partial charge in [-0.1, -0.05) is 19.0 Å². The predicted octanol–water partition coefficient (Wildman–Crippen LogP) is 0.441. The van der Waals surface area contributed by atoms with Gasteiger partial charge in [0.1, 0.15) is 6.33 Å². The first-order valence-corrected chi connectivity index (χ1v) is 9.15. The van der Waals surface area contributed by atoms with E-state index in [4.69, 9.17) is 4.52 Å². The molecule has 0 aromatic carbocycles. The van der Waals surface area contributed by atoms with E-state index in [0.717, 1.165) is 6.42 Å². The second-order valence-corrected chi connectivity index (χ2v) is 7.82. The summed E-state index contributed by atoms with van der Waals surface area (Å²) >= 11 is 0. The van der Waals surface area contributed by atoms with Crippen molar-refractivity contribution in [2.75, 3.05) is 13.1 Å². The first kappa shape index (κ1) is 17.6. The topological polar surface area (TPSA) is 130 Å². The summed E-state index contributed by atoms with van der Waals surface area (Å²) < 4.78 is 5.53. The number of H-pyrrole nitrogens is 1. The van der Waals surface area contributed by atoms with Gasteiger partial charge in [-0.3, -0.25) is 14.7 Å². The minimum absolute atomic E-state index is 0.0592. The molecule has 2 fully saturated rings. The van der Waals surface area contributed by atoms with Crippen molar-refractivity contribution >= 4 is 11.8 Å². The molecule has 10 heteroatoms. The number of likely N-dealkylation sites (tertiary alicyclic amines) is 1. The number of aromatic nitrogens is 5. The molecule has 4 rings (SSSR count). The molecule has 2 aromatic rings. The Kier molecular flexibility index (Phi) is 4.20. The Hall–Kier alpha value is -2.78. The van der Waals surface area contributed by atoms with Crippen LogP contribution in [0.4, 0.5) is 0 Å². The van der Waals surface area contributed by atoms with Crippen LogP contribution in [0.3, 0.4) is 0 Å². The summed E-state index contributed by atoms with van der Waals surface area (Å²) in [4.78, 5) is 35.1. The molecule has 0 bridgehead atoms. The molecule has 3 heterocycles. The van der Waals surface area contributed by atoms with E-state index in [0.29, 0.717) is 31.2 Å². The maximum Gasteiger partial charge on any atom is 0.288 e. The van der Waals surface area contributed by atoms with E-state index in [9.17, 15) is 9.59 Å². The number of aromatic amines is 1. The minimum atomic E-state index is -0.425. The summed E-state index contributed by atoms with van der Waals surface area (Å²) in [5.41, 5.74) is -0.425. The zero-order chi connectivity index (χ0) is 19.2. The summed E-state index contributed by atoms with van der Waals surface area (Å²) in [6, 6.07) is -0.0592. The fraction of sp³-hybridized carbons (Fsp3) is 0.647. The fourth-order valence-electron chi connectivity index (χ4n) is 4.41. The number of carbonyl (C=O) groups excluding carboxylic acids is 2. The maximum absolute atomic E-state index is 12.5. The molecule has 0 radical (unpaired) electrons. The molecule has 144 valence electrons. The Morgan fingerprint density at radius 2 is 2.26 bits per heavy atom. The van der Waals surface area contributed by atoms with Gasteiger partial charge in [-0.15, -0.1) is 0 Å². The highest BCUT2D eigenvalue weighted by Crippen LogP contribution is 2.50. The van der Waals surface area contributed by atoms with Crippen LogP contribution in [0.25, 0.3) is 0 Å². The zero-order valence-electron chi connectivity index (χ0n) is 15.6. The molecule has 1 aliphatic heterocycles. The zero-order valence-corrected chi connectivity index (χ0v) is 15.6. The Balaban J connectivity index is 1.57. The van der Waals surface area contributed by atoms with Crippen molar-refractivity contribution < 1.29 is 14.1 Å². The molecule has 1 saturated heterocycles. The van der Waals surface area contributed by atoms with Crippen LogP contribution < -0.4 is 5.32 Å². The highest BCUT2D eigenvalue weighted by atomic mass is 16.5. The van der Waals surface area contributed by atoms with E-state index < -0.39 is 5.41 Å². The molecule has 10 nitrogen and oxygen atoms in total. The summed E-state index contributed by atoms with van der Waals surface area (Å²) in [7, 11) is 0. The third kappa shape index (κ3) is 2.98. The molecule has 27 heavy (non-hydrogen) atoms. The van der Waals surface area contributed by atoms with E-state index in [1.807, 2.05) is 18.7 Å². The molecule has 1 aliphatic carbocycles. The molecular formula is C17H23N7O3. The van der Waals surface area contributed by atoms with Crippen molar-refractivity contribution in [1.29, 1.82) is 0 Å². The lowest BCUT2D eigenvalue weighted by Gasteiger charge is -2.26. The van der Waals surface area contributed by atoms with Crippen LogP contribution in [0.1, 0.15) is 49.0 Å². The summed E-state index contributed by atoms with van der Waals surface area (Å²) in [5, 5.41) is 13.2. The summed E-state index contributed by atoms with van der Waals surface area (Å²) in [5.74, 6) is 1.24. The van der Waals surface area contributed by atoms with E-state index in [2.05, 4.69) is 30.6 Å². The number of hydrogen-bond acceptors (Lipinski definition) is 7. The first-order valence-electron chi connectivity index (χ1n) is 9.15. The quantitative estimate of drug-likeness (QED) is 0.795. The van der Waals surface area contributed by atoms with Crippen LogP contribution in [0.15, 0.2) is 10.9 Å². The van der Waals surface area contributed by atoms with Crippen LogP contribution in [-0.2, 0) is 10.2 Å². The van der Waals surface area contributed by atoms with Gasteiger partial charge in [0.2, 0.25) is 17.6 Å². The molecular weight excluding hydrogens is 350 g/mol. The monoisotopic (exact) mass is 373 g/mol. The Morgan fingerprint density at radius 3 is 2.89 bits per heavy atom. The Labute approximate surface area is 156 Å². The fourth-order valence-corrected chi connectivity index (χ4v) is 4.41. The van der Waals surface area contributed by atoms with E-state index in [-0.39, 0.29) is 35.5 Å². The molecule has 2 N–H and O–H groups in total. The van der Waals surface area contributed by atoms with Gasteiger partial charge in [-0.05, 0) is 25.7 Å². The third-order valence-electron chi connectivity index (χ3n) is 5.60. The Morgan fingerprint density at radius 1 is 1.44 bits per heavy atom. The molecule has 2 aromatic heterocycles. The van der Waals surface area contributed by atoms with E-state index in [1.54, 1.807) is 6.92 Å². The number of hydrogen-bond donors (Lipinski definition) is 2. The summed E-state index contributed by atoms with van der Waals surface area (Å²) in [6.07, 6.45) is 2.68. The molecule has 1 saturated carbocycles. The highest BCUT2D eigenvalue weighted by Gasteiger charge is 2.58. The third-order valence-corrected chi connectivity index (χ3v) is 5.60. The van der Waals surface area contributed by atoms with Gasteiger partial charge >= 0.3 is 0 Å². The number of nitrogens with one attached hydrogen (secondary N) is 2. The van der Waals surface area contributed by atoms with Crippen molar-refractivity contribution in [2.24, 2.45) is 11.8 Å². The van der Waals surface area contributed by atoms with Gasteiger partial charge in [0.25, 0.3) is 5.91 Å². The van der Waals surface area contributed by atoms with Gasteiger partial charge in [0.15, 0.2) is 5.82 Å². The van der Waals surface area contributed by atoms with Crippen LogP contribution >= 0.6 is 0 Å². The molecule has 0 spiro atoms. The predicted molar refractivity (Wildman–Crippen MR) is 92.5 cm³/mol. The number of aryl methyl sites for hydroxylation is 1. The highest BCUT2D eigenvalue weighted by molar-refractivity contribution is 5.90. The molecule has 2 aliphatic rings. The number of fused-ring (bicyclic) bond motifs is 1. The maximum atomic E-state index is 12.5. The van der Waals surface area contributed by atoms with Gasteiger partial charge in [-0.2, -0.15) is 10.1 Å². The lowest BCUT2D eigenvalue weighted by molar-refractivity contribution is -0.133. The van der Waals surface area contributed by atoms with Crippen LogP contribution in [0, 0.1) is 18.8 Å². The van der Waals surface area contributed by atoms with E-state index >= 15 is 0 Å². The van der Waals surface area contributed by atoms with Crippen molar-refractivity contribution in [3.8, 4) is 0 Å². The smallest absolute Gasteiger partial charge is 0.288 e. The second kappa shape index (κ2) is 6.43. The molecule has 0 unspecified atom stereocenters. The average Bonchev–Trinajstić information content (AvgIpc) is 3.36. The minimum Gasteiger partial charge on any atom is -0.347 e. The second-order valence-electron chi connectivity index (χ2n) is 7.82. The largest absolute Gasteiger partial charge is 0.347 e. The van der Waals surface area contributed by atoms with Crippen LogP contribution in [0.2, 0.25) is 0 Å². The van der Waals surface area contributed by atoms with E-state index in [1.165, 1.54) is 6.33 Å². The number of carbonyl (C=O) groups is 2. The average molecular weight is 373 g/mol. The van der Waals surface area contributed by atoms with Crippen molar-refractivity contribution in [3.63, 3.8) is 0 Å². The van der Waals surface area contributed by atoms with Crippen molar-refractivity contribution in [3.05, 3.63) is 23.9 Å². The first-order chi connectivity index (χ1) is 12.9. The van der Waals surface area contributed by atoms with Gasteiger partial charge in [-0.25, -0.2) is 4.98 Å². The molecule has 3 atom stereocenters. The summed E-state index contributed by atoms with van der Waals surface area (Å²) in [6.45, 7) is 6.75. The lowest BCUT2D eigenvalue weighted by Crippen LogP contribution is -2.40.